The number of carbonyl (C=O) groups excluding carboxylic acids is 2. The van der Waals surface area contributed by atoms with Gasteiger partial charge in [0, 0.05) is 5.39 Å². The predicted octanol–water partition coefficient (Wildman–Crippen LogP) is 7.66. The number of rotatable bonds is 8. The van der Waals surface area contributed by atoms with Crippen molar-refractivity contribution in [3.05, 3.63) is 76.5 Å². The SMILES string of the molecule is CCC(C)(C)OC(=O)C(C)(C)Oc1c(C)cc(/C=C/C(=O)c2cc3ccccc3nc2C(F)(F)F)cc1C. The van der Waals surface area contributed by atoms with Gasteiger partial charge in [-0.3, -0.25) is 4.79 Å². The third kappa shape index (κ3) is 6.60. The summed E-state index contributed by atoms with van der Waals surface area (Å²) in [6, 6.07) is 11.0. The second-order valence-electron chi connectivity index (χ2n) is 10.4. The average Bonchev–Trinajstić information content (AvgIpc) is 2.83. The van der Waals surface area contributed by atoms with Crippen molar-refractivity contribution in [2.75, 3.05) is 0 Å². The first-order valence-electron chi connectivity index (χ1n) is 12.3. The van der Waals surface area contributed by atoms with Crippen molar-refractivity contribution in [1.29, 1.82) is 0 Å². The van der Waals surface area contributed by atoms with Crippen LogP contribution in [0.2, 0.25) is 0 Å². The van der Waals surface area contributed by atoms with Gasteiger partial charge in [0.15, 0.2) is 17.1 Å². The van der Waals surface area contributed by atoms with E-state index in [4.69, 9.17) is 9.47 Å². The van der Waals surface area contributed by atoms with Crippen LogP contribution in [0.5, 0.6) is 5.75 Å². The number of aromatic nitrogens is 1. The number of nitrogens with zero attached hydrogens (tertiary/aromatic N) is 1. The Kier molecular flexibility index (Phi) is 8.05. The van der Waals surface area contributed by atoms with Crippen molar-refractivity contribution in [2.24, 2.45) is 0 Å². The number of fused-ring (bicyclic) bond motifs is 1. The summed E-state index contributed by atoms with van der Waals surface area (Å²) in [6.07, 6.45) is -1.59. The Morgan fingerprint density at radius 1 is 0.974 bits per heavy atom. The highest BCUT2D eigenvalue weighted by molar-refractivity contribution is 6.09. The van der Waals surface area contributed by atoms with Gasteiger partial charge in [-0.25, -0.2) is 9.78 Å². The Labute approximate surface area is 220 Å². The number of pyridine rings is 1. The molecule has 0 radical (unpaired) electrons. The predicted molar refractivity (Wildman–Crippen MR) is 141 cm³/mol. The van der Waals surface area contributed by atoms with Gasteiger partial charge < -0.3 is 9.47 Å². The molecule has 0 aliphatic heterocycles. The van der Waals surface area contributed by atoms with Gasteiger partial charge in [0.05, 0.1) is 11.1 Å². The van der Waals surface area contributed by atoms with Gasteiger partial charge in [-0.05, 0) is 95.0 Å². The van der Waals surface area contributed by atoms with Crippen LogP contribution in [0.4, 0.5) is 13.2 Å². The first-order chi connectivity index (χ1) is 17.5. The number of benzene rings is 2. The molecular formula is C30H32F3NO4. The highest BCUT2D eigenvalue weighted by Gasteiger charge is 2.38. The van der Waals surface area contributed by atoms with Gasteiger partial charge in [0.25, 0.3) is 0 Å². The van der Waals surface area contributed by atoms with E-state index in [1.54, 1.807) is 58.0 Å². The van der Waals surface area contributed by atoms with Gasteiger partial charge >= 0.3 is 12.1 Å². The zero-order valence-electron chi connectivity index (χ0n) is 22.6. The number of ether oxygens (including phenoxy) is 2. The van der Waals surface area contributed by atoms with E-state index in [0.717, 1.165) is 6.08 Å². The molecule has 1 heterocycles. The summed E-state index contributed by atoms with van der Waals surface area (Å²) in [5.74, 6) is -0.821. The Balaban J connectivity index is 1.88. The second-order valence-corrected chi connectivity index (χ2v) is 10.4. The topological polar surface area (TPSA) is 65.5 Å². The lowest BCUT2D eigenvalue weighted by atomic mass is 10.0. The van der Waals surface area contributed by atoms with Gasteiger partial charge in [0.2, 0.25) is 0 Å². The highest BCUT2D eigenvalue weighted by Crippen LogP contribution is 2.34. The number of alkyl halides is 3. The van der Waals surface area contributed by atoms with Gasteiger partial charge in [0.1, 0.15) is 11.4 Å². The third-order valence-corrected chi connectivity index (χ3v) is 6.24. The standard InChI is InChI=1S/C30H32F3NO4/c1-8-28(4,5)38-27(36)29(6,7)37-25-18(2)15-20(16-19(25)3)13-14-24(35)22-17-21-11-9-10-12-23(21)34-26(22)30(31,32)33/h9-17H,8H2,1-7H3/b14-13+. The molecule has 2 aromatic carbocycles. The molecule has 202 valence electrons. The van der Waals surface area contributed by atoms with Gasteiger partial charge in [-0.2, -0.15) is 13.2 Å². The summed E-state index contributed by atoms with van der Waals surface area (Å²) in [6.45, 7) is 12.4. The molecule has 38 heavy (non-hydrogen) atoms. The van der Waals surface area contributed by atoms with Crippen molar-refractivity contribution in [3.8, 4) is 5.75 Å². The maximum atomic E-state index is 13.7. The molecule has 5 nitrogen and oxygen atoms in total. The maximum Gasteiger partial charge on any atom is 0.434 e. The van der Waals surface area contributed by atoms with Crippen LogP contribution in [0.25, 0.3) is 17.0 Å². The van der Waals surface area contributed by atoms with Crippen LogP contribution < -0.4 is 4.74 Å². The molecule has 1 aromatic heterocycles. The Bertz CT molecular complexity index is 1380. The fourth-order valence-electron chi connectivity index (χ4n) is 3.77. The van der Waals surface area contributed by atoms with Crippen molar-refractivity contribution < 1.29 is 32.2 Å². The van der Waals surface area contributed by atoms with E-state index in [9.17, 15) is 22.8 Å². The minimum atomic E-state index is -4.78. The number of carbonyl (C=O) groups is 2. The minimum Gasteiger partial charge on any atom is -0.476 e. The quantitative estimate of drug-likeness (QED) is 0.171. The van der Waals surface area contributed by atoms with Crippen LogP contribution in [0.1, 0.15) is 73.8 Å². The third-order valence-electron chi connectivity index (χ3n) is 6.24. The van der Waals surface area contributed by atoms with E-state index in [2.05, 4.69) is 4.98 Å². The summed E-state index contributed by atoms with van der Waals surface area (Å²) >= 11 is 0. The Morgan fingerprint density at radius 3 is 2.16 bits per heavy atom. The number of esters is 1. The lowest BCUT2D eigenvalue weighted by Crippen LogP contribution is -2.44. The monoisotopic (exact) mass is 527 g/mol. The Morgan fingerprint density at radius 2 is 1.58 bits per heavy atom. The van der Waals surface area contributed by atoms with E-state index in [1.807, 2.05) is 20.8 Å². The van der Waals surface area contributed by atoms with Crippen LogP contribution in [0.15, 0.2) is 48.5 Å². The smallest absolute Gasteiger partial charge is 0.434 e. The van der Waals surface area contributed by atoms with Crippen LogP contribution in [-0.4, -0.2) is 27.9 Å². The minimum absolute atomic E-state index is 0.159. The molecule has 0 bridgehead atoms. The summed E-state index contributed by atoms with van der Waals surface area (Å²) < 4.78 is 52.7. The molecule has 8 heteroatoms. The largest absolute Gasteiger partial charge is 0.476 e. The molecule has 3 rings (SSSR count). The highest BCUT2D eigenvalue weighted by atomic mass is 19.4. The summed E-state index contributed by atoms with van der Waals surface area (Å²) in [7, 11) is 0. The van der Waals surface area contributed by atoms with Crippen molar-refractivity contribution in [3.63, 3.8) is 0 Å². The molecule has 0 fully saturated rings. The molecule has 0 N–H and O–H groups in total. The number of aryl methyl sites for hydroxylation is 2. The van der Waals surface area contributed by atoms with Crippen molar-refractivity contribution >= 4 is 28.7 Å². The first-order valence-corrected chi connectivity index (χ1v) is 12.3. The molecule has 0 aliphatic carbocycles. The molecule has 0 saturated heterocycles. The molecule has 0 atom stereocenters. The molecular weight excluding hydrogens is 495 g/mol. The van der Waals surface area contributed by atoms with E-state index < -0.39 is 40.4 Å². The van der Waals surface area contributed by atoms with Crippen molar-refractivity contribution in [2.45, 2.75) is 72.3 Å². The number of para-hydroxylation sites is 1. The number of ketones is 1. The lowest BCUT2D eigenvalue weighted by Gasteiger charge is -2.31. The number of allylic oxidation sites excluding steroid dienone is 1. The van der Waals surface area contributed by atoms with E-state index in [-0.39, 0.29) is 5.52 Å². The van der Waals surface area contributed by atoms with Crippen LogP contribution in [0.3, 0.4) is 0 Å². The van der Waals surface area contributed by atoms with E-state index in [1.165, 1.54) is 18.2 Å². The van der Waals surface area contributed by atoms with Crippen LogP contribution in [-0.2, 0) is 15.7 Å². The number of halogens is 3. The molecule has 0 saturated carbocycles. The zero-order chi connectivity index (χ0) is 28.5. The molecule has 3 aromatic rings. The molecule has 0 amide bonds. The fraction of sp³-hybridized carbons (Fsp3) is 0.367. The summed E-state index contributed by atoms with van der Waals surface area (Å²) in [4.78, 5) is 29.3. The summed E-state index contributed by atoms with van der Waals surface area (Å²) in [5.41, 5.74) is -1.49. The maximum absolute atomic E-state index is 13.7. The Hall–Kier alpha value is -3.68. The number of hydrogen-bond donors (Lipinski definition) is 0. The molecule has 0 spiro atoms. The van der Waals surface area contributed by atoms with E-state index in [0.29, 0.717) is 34.2 Å². The van der Waals surface area contributed by atoms with Crippen LogP contribution >= 0.6 is 0 Å². The van der Waals surface area contributed by atoms with Crippen molar-refractivity contribution in [1.82, 2.24) is 4.98 Å². The normalized spacial score (nSPS) is 12.7. The molecule has 0 unspecified atom stereocenters. The van der Waals surface area contributed by atoms with Gasteiger partial charge in [-0.15, -0.1) is 0 Å². The summed E-state index contributed by atoms with van der Waals surface area (Å²) in [5, 5.41) is 0.439. The number of hydrogen-bond acceptors (Lipinski definition) is 5. The van der Waals surface area contributed by atoms with E-state index >= 15 is 0 Å². The van der Waals surface area contributed by atoms with Gasteiger partial charge in [-0.1, -0.05) is 31.2 Å². The molecule has 0 aliphatic rings. The van der Waals surface area contributed by atoms with Crippen LogP contribution in [0, 0.1) is 13.8 Å². The lowest BCUT2D eigenvalue weighted by molar-refractivity contribution is -0.172. The fourth-order valence-corrected chi connectivity index (χ4v) is 3.77. The average molecular weight is 528 g/mol. The zero-order valence-corrected chi connectivity index (χ0v) is 22.6. The second kappa shape index (κ2) is 10.6. The first kappa shape index (κ1) is 28.9.